The average Bonchev–Trinajstić information content (AvgIpc) is 2.67. The lowest BCUT2D eigenvalue weighted by Crippen LogP contribution is -2.48. The zero-order chi connectivity index (χ0) is 13.3. The van der Waals surface area contributed by atoms with Crippen molar-refractivity contribution in [2.75, 3.05) is 12.5 Å². The third-order valence-corrected chi connectivity index (χ3v) is 3.60. The van der Waals surface area contributed by atoms with E-state index in [0.717, 1.165) is 0 Å². The lowest BCUT2D eigenvalue weighted by atomic mass is 10.0. The van der Waals surface area contributed by atoms with Gasteiger partial charge in [-0.3, -0.25) is 4.90 Å². The monoisotopic (exact) mass is 274 g/mol. The topological polar surface area (TPSA) is 82.0 Å². The highest BCUT2D eigenvalue weighted by molar-refractivity contribution is 6.18. The maximum atomic E-state index is 11.7. The second-order valence-corrected chi connectivity index (χ2v) is 4.63. The number of carbonyl (C=O) groups excluding carboxylic acids is 1. The number of amides is 2. The molecule has 3 atom stereocenters. The number of hydrogen-bond acceptors (Lipinski definition) is 4. The van der Waals surface area contributed by atoms with Crippen molar-refractivity contribution >= 4 is 17.6 Å². The first kappa shape index (κ1) is 13.4. The molecule has 2 aliphatic rings. The Morgan fingerprint density at radius 3 is 2.94 bits per heavy atom. The summed E-state index contributed by atoms with van der Waals surface area (Å²) >= 11 is 5.73. The fraction of sp³-hybridized carbons (Fsp3) is 0.545. The summed E-state index contributed by atoms with van der Waals surface area (Å²) in [5, 5.41) is 21.7. The lowest BCUT2D eigenvalue weighted by Gasteiger charge is -2.31. The molecule has 1 fully saturated rings. The van der Waals surface area contributed by atoms with Gasteiger partial charge in [0.05, 0.1) is 18.6 Å². The van der Waals surface area contributed by atoms with Crippen molar-refractivity contribution in [2.45, 2.75) is 24.4 Å². The van der Waals surface area contributed by atoms with Crippen molar-refractivity contribution in [2.24, 2.45) is 0 Å². The summed E-state index contributed by atoms with van der Waals surface area (Å²) in [4.78, 5) is 13.0. The minimum atomic E-state index is -1.21. The number of carbonyl (C=O) groups is 1. The van der Waals surface area contributed by atoms with Crippen LogP contribution in [-0.2, 0) is 4.74 Å². The van der Waals surface area contributed by atoms with E-state index in [0.29, 0.717) is 5.70 Å². The van der Waals surface area contributed by atoms with Crippen LogP contribution < -0.4 is 5.32 Å². The van der Waals surface area contributed by atoms with Gasteiger partial charge in [-0.25, -0.2) is 4.79 Å². The highest BCUT2D eigenvalue weighted by Crippen LogP contribution is 2.34. The fourth-order valence-corrected chi connectivity index (χ4v) is 2.31. The van der Waals surface area contributed by atoms with Gasteiger partial charge in [0, 0.05) is 18.3 Å². The van der Waals surface area contributed by atoms with Gasteiger partial charge in [-0.05, 0) is 6.08 Å². The van der Waals surface area contributed by atoms with Crippen molar-refractivity contribution in [1.82, 2.24) is 10.2 Å². The van der Waals surface area contributed by atoms with Crippen LogP contribution in [0.4, 0.5) is 4.79 Å². The van der Waals surface area contributed by atoms with Crippen molar-refractivity contribution < 1.29 is 19.7 Å². The number of nitrogens with zero attached hydrogens (tertiary/aromatic N) is 1. The Morgan fingerprint density at radius 2 is 2.44 bits per heavy atom. The Morgan fingerprint density at radius 1 is 1.72 bits per heavy atom. The first-order chi connectivity index (χ1) is 8.52. The first-order valence-electron chi connectivity index (χ1n) is 5.51. The van der Waals surface area contributed by atoms with Gasteiger partial charge in [-0.2, -0.15) is 0 Å². The minimum Gasteiger partial charge on any atom is -0.393 e. The van der Waals surface area contributed by atoms with Gasteiger partial charge < -0.3 is 20.3 Å². The molecule has 2 rings (SSSR count). The maximum absolute atomic E-state index is 11.7. The molecule has 2 amide bonds. The van der Waals surface area contributed by atoms with E-state index in [1.807, 2.05) is 0 Å². The quantitative estimate of drug-likeness (QED) is 0.638. The molecular weight excluding hydrogens is 260 g/mol. The molecule has 0 aromatic carbocycles. The Labute approximate surface area is 109 Å². The van der Waals surface area contributed by atoms with Gasteiger partial charge in [0.15, 0.2) is 0 Å². The lowest BCUT2D eigenvalue weighted by molar-refractivity contribution is -0.117. The second kappa shape index (κ2) is 4.89. The molecule has 0 bridgehead atoms. The van der Waals surface area contributed by atoms with Gasteiger partial charge in [-0.1, -0.05) is 6.58 Å². The number of urea groups is 1. The number of ether oxygens (including phenoxy) is 1. The van der Waals surface area contributed by atoms with E-state index in [9.17, 15) is 15.0 Å². The largest absolute Gasteiger partial charge is 0.393 e. The summed E-state index contributed by atoms with van der Waals surface area (Å²) in [6.07, 6.45) is 1.76. The molecule has 7 heteroatoms. The van der Waals surface area contributed by atoms with Gasteiger partial charge >= 0.3 is 6.03 Å². The van der Waals surface area contributed by atoms with Crippen molar-refractivity contribution in [3.05, 3.63) is 24.6 Å². The van der Waals surface area contributed by atoms with Crippen LogP contribution in [0, 0.1) is 0 Å². The number of alkyl halides is 1. The van der Waals surface area contributed by atoms with E-state index in [1.54, 1.807) is 6.08 Å². The number of hydrogen-bond donors (Lipinski definition) is 3. The van der Waals surface area contributed by atoms with Crippen molar-refractivity contribution in [1.29, 1.82) is 0 Å². The average molecular weight is 275 g/mol. The predicted octanol–water partition coefficient (Wildman–Crippen LogP) is 0.116. The number of nitrogens with one attached hydrogen (secondary N) is 1. The number of aliphatic hydroxyl groups excluding tert-OH is 2. The number of halogens is 1. The molecule has 1 saturated heterocycles. The van der Waals surface area contributed by atoms with Crippen LogP contribution in [0.1, 0.15) is 6.42 Å². The maximum Gasteiger partial charge on any atom is 0.327 e. The summed E-state index contributed by atoms with van der Waals surface area (Å²) in [6.45, 7) is 3.20. The predicted molar refractivity (Wildman–Crippen MR) is 64.7 cm³/mol. The summed E-state index contributed by atoms with van der Waals surface area (Å²) in [6, 6.07) is -0.386. The van der Waals surface area contributed by atoms with E-state index in [2.05, 4.69) is 11.9 Å². The molecule has 2 aliphatic heterocycles. The molecule has 6 nitrogen and oxygen atoms in total. The molecule has 0 unspecified atom stereocenters. The zero-order valence-corrected chi connectivity index (χ0v) is 10.4. The van der Waals surface area contributed by atoms with E-state index in [-0.39, 0.29) is 18.3 Å². The Hall–Kier alpha value is -1.08. The molecular formula is C11H15ClN2O4. The SMILES string of the molecule is C=C1C=CN([C@H]2C[C@H](O)[C@](CO)(CCl)O2)C(=O)N1. The van der Waals surface area contributed by atoms with Crippen molar-refractivity contribution in [3.63, 3.8) is 0 Å². The van der Waals surface area contributed by atoms with Crippen molar-refractivity contribution in [3.8, 4) is 0 Å². The Kier molecular flexibility index (Phi) is 3.63. The van der Waals surface area contributed by atoms with Gasteiger partial charge in [-0.15, -0.1) is 11.6 Å². The third kappa shape index (κ3) is 2.12. The first-order valence-corrected chi connectivity index (χ1v) is 6.05. The molecule has 0 aromatic rings. The van der Waals surface area contributed by atoms with Crippen LogP contribution in [0.3, 0.4) is 0 Å². The highest BCUT2D eigenvalue weighted by Gasteiger charge is 2.49. The van der Waals surface area contributed by atoms with Crippen LogP contribution in [0.5, 0.6) is 0 Å². The van der Waals surface area contributed by atoms with Gasteiger partial charge in [0.25, 0.3) is 0 Å². The van der Waals surface area contributed by atoms with Crippen LogP contribution in [0.2, 0.25) is 0 Å². The van der Waals surface area contributed by atoms with Crippen LogP contribution in [0.15, 0.2) is 24.6 Å². The van der Waals surface area contributed by atoms with Crippen LogP contribution >= 0.6 is 11.6 Å². The Balaban J connectivity index is 2.15. The second-order valence-electron chi connectivity index (χ2n) is 4.36. The highest BCUT2D eigenvalue weighted by atomic mass is 35.5. The van der Waals surface area contributed by atoms with Crippen LogP contribution in [-0.4, -0.2) is 51.6 Å². The normalized spacial score (nSPS) is 36.1. The molecule has 0 aromatic heterocycles. The summed E-state index contributed by atoms with van der Waals surface area (Å²) in [5.74, 6) is -0.0486. The van der Waals surface area contributed by atoms with E-state index in [4.69, 9.17) is 16.3 Å². The molecule has 3 N–H and O–H groups in total. The molecule has 0 aliphatic carbocycles. The Bertz CT molecular complexity index is 395. The molecule has 18 heavy (non-hydrogen) atoms. The summed E-state index contributed by atoms with van der Waals surface area (Å²) in [7, 11) is 0. The zero-order valence-electron chi connectivity index (χ0n) is 9.67. The number of rotatable bonds is 3. The van der Waals surface area contributed by atoms with Gasteiger partial charge in [0.1, 0.15) is 11.8 Å². The standard InChI is InChI=1S/C11H15ClN2O4/c1-7-2-3-14(10(17)13-7)9-4-8(16)11(5-12,6-15)18-9/h2-3,8-9,15-16H,1,4-6H2,(H,13,17)/t8-,9+,11+/m0/s1. The fourth-order valence-electron chi connectivity index (χ4n) is 1.99. The van der Waals surface area contributed by atoms with Gasteiger partial charge in [0.2, 0.25) is 0 Å². The van der Waals surface area contributed by atoms with E-state index in [1.165, 1.54) is 11.1 Å². The third-order valence-electron chi connectivity index (χ3n) is 3.15. The molecule has 100 valence electrons. The minimum absolute atomic E-state index is 0.0486. The van der Waals surface area contributed by atoms with Crippen LogP contribution in [0.25, 0.3) is 0 Å². The number of allylic oxidation sites excluding steroid dienone is 1. The summed E-state index contributed by atoms with van der Waals surface area (Å²) < 4.78 is 5.56. The molecule has 0 radical (unpaired) electrons. The number of aliphatic hydroxyl groups is 2. The van der Waals surface area contributed by atoms with E-state index >= 15 is 0 Å². The summed E-state index contributed by atoms with van der Waals surface area (Å²) in [5.41, 5.74) is -0.727. The molecule has 0 saturated carbocycles. The molecule has 0 spiro atoms. The van der Waals surface area contributed by atoms with E-state index < -0.39 is 24.5 Å². The smallest absolute Gasteiger partial charge is 0.327 e. The molecule has 2 heterocycles.